The topological polar surface area (TPSA) is 57.8 Å². The fourth-order valence-electron chi connectivity index (χ4n) is 1.21. The Hall–Kier alpha value is -1.16. The lowest BCUT2D eigenvalue weighted by molar-refractivity contribution is 0.535. The van der Waals surface area contributed by atoms with Crippen molar-refractivity contribution in [3.63, 3.8) is 0 Å². The van der Waals surface area contributed by atoms with Crippen LogP contribution in [-0.2, 0) is 12.0 Å². The number of aromatic nitrogens is 2. The van der Waals surface area contributed by atoms with Crippen molar-refractivity contribution < 1.29 is 0 Å². The molecule has 0 radical (unpaired) electrons. The normalized spacial score (nSPS) is 11.7. The number of rotatable bonds is 3. The van der Waals surface area contributed by atoms with Crippen LogP contribution < -0.4 is 10.9 Å². The van der Waals surface area contributed by atoms with Crippen LogP contribution in [0.2, 0.25) is 0 Å². The Morgan fingerprint density at radius 2 is 2.13 bits per heavy atom. The number of nitrogens with one attached hydrogen (secondary N) is 2. The number of nitrogens with zero attached hydrogens (tertiary/aromatic N) is 1. The van der Waals surface area contributed by atoms with E-state index in [0.29, 0.717) is 6.54 Å². The van der Waals surface area contributed by atoms with E-state index in [1.807, 2.05) is 27.7 Å². The molecule has 15 heavy (non-hydrogen) atoms. The second-order valence-corrected chi connectivity index (χ2v) is 4.62. The average Bonchev–Trinajstić information content (AvgIpc) is 2.12. The lowest BCUT2D eigenvalue weighted by atomic mass is 9.95. The van der Waals surface area contributed by atoms with E-state index < -0.39 is 0 Å². The molecule has 0 aromatic carbocycles. The van der Waals surface area contributed by atoms with Gasteiger partial charge in [-0.2, -0.15) is 0 Å². The smallest absolute Gasteiger partial charge is 0.251 e. The van der Waals surface area contributed by atoms with Crippen molar-refractivity contribution in [3.05, 3.63) is 27.9 Å². The molecular weight excluding hydrogens is 190 g/mol. The molecule has 2 N–H and O–H groups in total. The van der Waals surface area contributed by atoms with Gasteiger partial charge in [-0.25, -0.2) is 4.98 Å². The number of aromatic amines is 1. The number of hydrogen-bond donors (Lipinski definition) is 2. The maximum atomic E-state index is 11.4. The molecule has 0 saturated carbocycles. The first-order chi connectivity index (χ1) is 6.93. The van der Waals surface area contributed by atoms with Crippen LogP contribution >= 0.6 is 0 Å². The van der Waals surface area contributed by atoms with Crippen molar-refractivity contribution in [3.8, 4) is 0 Å². The molecule has 0 amide bonds. The standard InChI is InChI=1S/C11H19N3O/c1-5-12-7-8-6-9(15)14-10(13-8)11(2,3)4/h6,12H,5,7H2,1-4H3,(H,13,14,15). The van der Waals surface area contributed by atoms with Gasteiger partial charge in [0.25, 0.3) is 5.56 Å². The Morgan fingerprint density at radius 3 is 2.67 bits per heavy atom. The van der Waals surface area contributed by atoms with Crippen molar-refractivity contribution in [2.75, 3.05) is 6.54 Å². The third kappa shape index (κ3) is 3.47. The van der Waals surface area contributed by atoms with Gasteiger partial charge >= 0.3 is 0 Å². The molecule has 0 aliphatic carbocycles. The second-order valence-electron chi connectivity index (χ2n) is 4.62. The van der Waals surface area contributed by atoms with Crippen molar-refractivity contribution >= 4 is 0 Å². The molecule has 1 aromatic rings. The molecule has 0 aliphatic heterocycles. The molecule has 0 atom stereocenters. The second kappa shape index (κ2) is 4.57. The van der Waals surface area contributed by atoms with Gasteiger partial charge < -0.3 is 10.3 Å². The van der Waals surface area contributed by atoms with Gasteiger partial charge in [0, 0.05) is 18.0 Å². The number of H-pyrrole nitrogens is 1. The van der Waals surface area contributed by atoms with Gasteiger partial charge in [-0.3, -0.25) is 4.79 Å². The first kappa shape index (κ1) is 11.9. The first-order valence-corrected chi connectivity index (χ1v) is 5.25. The van der Waals surface area contributed by atoms with E-state index in [-0.39, 0.29) is 11.0 Å². The Kier molecular flexibility index (Phi) is 3.63. The lowest BCUT2D eigenvalue weighted by Gasteiger charge is -2.17. The van der Waals surface area contributed by atoms with Gasteiger partial charge in [-0.15, -0.1) is 0 Å². The molecule has 84 valence electrons. The van der Waals surface area contributed by atoms with E-state index in [1.165, 1.54) is 6.07 Å². The minimum Gasteiger partial charge on any atom is -0.311 e. The van der Waals surface area contributed by atoms with Gasteiger partial charge in [0.05, 0.1) is 5.69 Å². The third-order valence-corrected chi connectivity index (χ3v) is 2.06. The maximum absolute atomic E-state index is 11.4. The zero-order valence-corrected chi connectivity index (χ0v) is 9.85. The Morgan fingerprint density at radius 1 is 1.47 bits per heavy atom. The van der Waals surface area contributed by atoms with E-state index in [2.05, 4.69) is 15.3 Å². The monoisotopic (exact) mass is 209 g/mol. The highest BCUT2D eigenvalue weighted by Gasteiger charge is 2.17. The largest absolute Gasteiger partial charge is 0.311 e. The number of hydrogen-bond acceptors (Lipinski definition) is 3. The van der Waals surface area contributed by atoms with Crippen LogP contribution in [-0.4, -0.2) is 16.5 Å². The summed E-state index contributed by atoms with van der Waals surface area (Å²) >= 11 is 0. The fourth-order valence-corrected chi connectivity index (χ4v) is 1.21. The van der Waals surface area contributed by atoms with E-state index in [1.54, 1.807) is 0 Å². The molecule has 1 heterocycles. The van der Waals surface area contributed by atoms with E-state index in [9.17, 15) is 4.79 Å². The molecule has 1 aromatic heterocycles. The van der Waals surface area contributed by atoms with Crippen LogP contribution in [0.25, 0.3) is 0 Å². The summed E-state index contributed by atoms with van der Waals surface area (Å²) in [7, 11) is 0. The first-order valence-electron chi connectivity index (χ1n) is 5.25. The summed E-state index contributed by atoms with van der Waals surface area (Å²) in [5.74, 6) is 0.739. The van der Waals surface area contributed by atoms with E-state index >= 15 is 0 Å². The highest BCUT2D eigenvalue weighted by molar-refractivity contribution is 5.08. The van der Waals surface area contributed by atoms with E-state index in [0.717, 1.165) is 18.1 Å². The van der Waals surface area contributed by atoms with Gasteiger partial charge in [0.15, 0.2) is 0 Å². The fraction of sp³-hybridized carbons (Fsp3) is 0.636. The van der Waals surface area contributed by atoms with E-state index in [4.69, 9.17) is 0 Å². The SMILES string of the molecule is CCNCc1cc(=O)[nH]c(C(C)(C)C)n1. The summed E-state index contributed by atoms with van der Waals surface area (Å²) in [5, 5.41) is 3.16. The summed E-state index contributed by atoms with van der Waals surface area (Å²) in [6, 6.07) is 1.54. The zero-order valence-electron chi connectivity index (χ0n) is 9.85. The van der Waals surface area contributed by atoms with Gasteiger partial charge in [-0.1, -0.05) is 27.7 Å². The minimum absolute atomic E-state index is 0.0807. The van der Waals surface area contributed by atoms with Gasteiger partial charge in [-0.05, 0) is 6.54 Å². The Bertz CT molecular complexity index is 376. The third-order valence-electron chi connectivity index (χ3n) is 2.06. The summed E-state index contributed by atoms with van der Waals surface area (Å²) in [6.45, 7) is 9.63. The Balaban J connectivity index is 3.01. The minimum atomic E-state index is -0.124. The van der Waals surface area contributed by atoms with Crippen LogP contribution in [0.5, 0.6) is 0 Å². The summed E-state index contributed by atoms with van der Waals surface area (Å²) < 4.78 is 0. The van der Waals surface area contributed by atoms with Crippen LogP contribution in [0.1, 0.15) is 39.2 Å². The van der Waals surface area contributed by atoms with Crippen molar-refractivity contribution in [2.24, 2.45) is 0 Å². The van der Waals surface area contributed by atoms with Crippen LogP contribution in [0.3, 0.4) is 0 Å². The molecule has 0 bridgehead atoms. The molecule has 0 saturated heterocycles. The molecular formula is C11H19N3O. The highest BCUT2D eigenvalue weighted by atomic mass is 16.1. The maximum Gasteiger partial charge on any atom is 0.251 e. The van der Waals surface area contributed by atoms with Gasteiger partial charge in [0.1, 0.15) is 5.82 Å². The molecule has 0 aliphatic rings. The predicted molar refractivity (Wildman–Crippen MR) is 60.9 cm³/mol. The lowest BCUT2D eigenvalue weighted by Crippen LogP contribution is -2.24. The predicted octanol–water partition coefficient (Wildman–Crippen LogP) is 1.18. The average molecular weight is 209 g/mol. The molecule has 0 fully saturated rings. The van der Waals surface area contributed by atoms with Crippen LogP contribution in [0, 0.1) is 0 Å². The summed E-state index contributed by atoms with van der Waals surface area (Å²) in [6.07, 6.45) is 0. The van der Waals surface area contributed by atoms with Gasteiger partial charge in [0.2, 0.25) is 0 Å². The molecule has 4 heteroatoms. The summed E-state index contributed by atoms with van der Waals surface area (Å²) in [5.41, 5.74) is 0.592. The Labute approximate surface area is 90.1 Å². The summed E-state index contributed by atoms with van der Waals surface area (Å²) in [4.78, 5) is 18.6. The molecule has 0 spiro atoms. The van der Waals surface area contributed by atoms with Crippen LogP contribution in [0.4, 0.5) is 0 Å². The molecule has 0 unspecified atom stereocenters. The zero-order chi connectivity index (χ0) is 11.5. The quantitative estimate of drug-likeness (QED) is 0.786. The van der Waals surface area contributed by atoms with Crippen molar-refractivity contribution in [1.82, 2.24) is 15.3 Å². The highest BCUT2D eigenvalue weighted by Crippen LogP contribution is 2.16. The molecule has 4 nitrogen and oxygen atoms in total. The van der Waals surface area contributed by atoms with Crippen LogP contribution in [0.15, 0.2) is 10.9 Å². The van der Waals surface area contributed by atoms with Crippen molar-refractivity contribution in [2.45, 2.75) is 39.7 Å². The molecule has 1 rings (SSSR count). The van der Waals surface area contributed by atoms with Crippen molar-refractivity contribution in [1.29, 1.82) is 0 Å².